The minimum Gasteiger partial charge on any atom is -0.476 e. The van der Waals surface area contributed by atoms with Crippen molar-refractivity contribution < 1.29 is 9.53 Å². The number of nitrogens with two attached hydrogens (primary N) is 1. The fourth-order valence-electron chi connectivity index (χ4n) is 4.16. The van der Waals surface area contributed by atoms with Gasteiger partial charge < -0.3 is 20.7 Å². The zero-order valence-electron chi connectivity index (χ0n) is 18.8. The van der Waals surface area contributed by atoms with Crippen LogP contribution in [0.25, 0.3) is 0 Å². The average Bonchev–Trinajstić information content (AvgIpc) is 3.30. The number of hydrogen-bond acceptors (Lipinski definition) is 6. The molecule has 2 aromatic rings. The first-order chi connectivity index (χ1) is 15.3. The predicted octanol–water partition coefficient (Wildman–Crippen LogP) is 3.62. The average molecular weight is 456 g/mol. The van der Waals surface area contributed by atoms with Crippen LogP contribution in [-0.2, 0) is 0 Å². The fraction of sp³-hybridized carbons (Fsp3) is 0.458. The summed E-state index contributed by atoms with van der Waals surface area (Å²) < 4.78 is 5.80. The molecular weight excluding hydrogens is 426 g/mol. The molecule has 1 saturated heterocycles. The zero-order chi connectivity index (χ0) is 22.9. The molecule has 3 N–H and O–H groups in total. The molecule has 2 unspecified atom stereocenters. The third-order valence-electron chi connectivity index (χ3n) is 6.63. The van der Waals surface area contributed by atoms with Crippen LogP contribution in [0, 0.1) is 5.92 Å². The molecule has 1 aromatic heterocycles. The summed E-state index contributed by atoms with van der Waals surface area (Å²) in [4.78, 5) is 23.9. The Morgan fingerprint density at radius 3 is 2.81 bits per heavy atom. The number of nitrogens with zero attached hydrogens (tertiary/aromatic N) is 3. The van der Waals surface area contributed by atoms with Gasteiger partial charge in [-0.3, -0.25) is 9.79 Å². The highest BCUT2D eigenvalue weighted by molar-refractivity contribution is 6.35. The second-order valence-electron chi connectivity index (χ2n) is 8.99. The van der Waals surface area contributed by atoms with E-state index in [1.165, 1.54) is 12.6 Å². The van der Waals surface area contributed by atoms with Gasteiger partial charge in [0.15, 0.2) is 0 Å². The van der Waals surface area contributed by atoms with Crippen molar-refractivity contribution in [1.82, 2.24) is 9.88 Å². The Labute approximate surface area is 194 Å². The van der Waals surface area contributed by atoms with E-state index in [1.54, 1.807) is 24.3 Å². The van der Waals surface area contributed by atoms with Crippen molar-refractivity contribution in [2.75, 3.05) is 32.1 Å². The van der Waals surface area contributed by atoms with Crippen LogP contribution in [0.5, 0.6) is 5.88 Å². The Bertz CT molecular complexity index is 1020. The third kappa shape index (κ3) is 4.65. The standard InChI is InChI=1S/C24H30ClN5O2/c1-15-12-28-22(24(15,2)26)19-11-17(7-8-20(19)25)29-23(31)16-6-9-21(27-13-16)32-14-18-5-4-10-30(18)3/h6-9,11,13,15,18H,4-5,10,12,14,26H2,1-3H3,(H,29,31)/t15?,18-,24?/m0/s1. The summed E-state index contributed by atoms with van der Waals surface area (Å²) in [6, 6.07) is 9.20. The maximum absolute atomic E-state index is 12.7. The summed E-state index contributed by atoms with van der Waals surface area (Å²) in [7, 11) is 2.11. The molecule has 32 heavy (non-hydrogen) atoms. The number of ether oxygens (including phenoxy) is 1. The van der Waals surface area contributed by atoms with Crippen LogP contribution in [0.4, 0.5) is 5.69 Å². The number of carbonyl (C=O) groups is 1. The SMILES string of the molecule is CC1CN=C(c2cc(NC(=O)c3ccc(OC[C@@H]4CCCN4C)nc3)ccc2Cl)C1(C)N. The number of nitrogens with one attached hydrogen (secondary N) is 1. The number of rotatable bonds is 6. The van der Waals surface area contributed by atoms with Crippen LogP contribution in [0.15, 0.2) is 41.5 Å². The Morgan fingerprint density at radius 1 is 1.38 bits per heavy atom. The van der Waals surface area contributed by atoms with Crippen molar-refractivity contribution in [3.05, 3.63) is 52.7 Å². The molecule has 170 valence electrons. The number of anilines is 1. The molecule has 8 heteroatoms. The van der Waals surface area contributed by atoms with Gasteiger partial charge in [-0.2, -0.15) is 0 Å². The van der Waals surface area contributed by atoms with Crippen molar-refractivity contribution in [3.8, 4) is 5.88 Å². The van der Waals surface area contributed by atoms with Crippen molar-refractivity contribution in [1.29, 1.82) is 0 Å². The minimum absolute atomic E-state index is 0.215. The number of likely N-dealkylation sites (tertiary alicyclic amines) is 1. The highest BCUT2D eigenvalue weighted by Crippen LogP contribution is 2.32. The number of benzene rings is 1. The highest BCUT2D eigenvalue weighted by atomic mass is 35.5. The lowest BCUT2D eigenvalue weighted by Crippen LogP contribution is -2.48. The molecule has 0 spiro atoms. The third-order valence-corrected chi connectivity index (χ3v) is 6.96. The van der Waals surface area contributed by atoms with Crippen molar-refractivity contribution in [3.63, 3.8) is 0 Å². The largest absolute Gasteiger partial charge is 0.476 e. The van der Waals surface area contributed by atoms with Crippen molar-refractivity contribution in [2.45, 2.75) is 38.3 Å². The molecule has 2 aliphatic heterocycles. The van der Waals surface area contributed by atoms with Gasteiger partial charge in [0.2, 0.25) is 5.88 Å². The molecule has 3 atom stereocenters. The van der Waals surface area contributed by atoms with Gasteiger partial charge in [-0.1, -0.05) is 18.5 Å². The summed E-state index contributed by atoms with van der Waals surface area (Å²) in [6.07, 6.45) is 3.86. The van der Waals surface area contributed by atoms with Crippen LogP contribution < -0.4 is 15.8 Å². The number of pyridine rings is 1. The quantitative estimate of drug-likeness (QED) is 0.694. The zero-order valence-corrected chi connectivity index (χ0v) is 19.5. The summed E-state index contributed by atoms with van der Waals surface area (Å²) >= 11 is 6.43. The lowest BCUT2D eigenvalue weighted by molar-refractivity contribution is 0.102. The fourth-order valence-corrected chi connectivity index (χ4v) is 4.36. The Kier molecular flexibility index (Phi) is 6.51. The highest BCUT2D eigenvalue weighted by Gasteiger charge is 2.38. The summed E-state index contributed by atoms with van der Waals surface area (Å²) in [5, 5.41) is 3.47. The number of aromatic nitrogens is 1. The second kappa shape index (κ2) is 9.17. The van der Waals surface area contributed by atoms with Crippen LogP contribution in [0.2, 0.25) is 5.02 Å². The van der Waals surface area contributed by atoms with E-state index in [4.69, 9.17) is 22.1 Å². The predicted molar refractivity (Wildman–Crippen MR) is 128 cm³/mol. The van der Waals surface area contributed by atoms with Gasteiger partial charge in [0.25, 0.3) is 5.91 Å². The van der Waals surface area contributed by atoms with Gasteiger partial charge in [-0.05, 0) is 63.5 Å². The maximum Gasteiger partial charge on any atom is 0.257 e. The molecule has 0 bridgehead atoms. The summed E-state index contributed by atoms with van der Waals surface area (Å²) in [5.74, 6) is 0.476. The number of carbonyl (C=O) groups excluding carboxylic acids is 1. The molecule has 0 radical (unpaired) electrons. The summed E-state index contributed by atoms with van der Waals surface area (Å²) in [5.41, 5.74) is 8.51. The lowest BCUT2D eigenvalue weighted by atomic mass is 9.83. The van der Waals surface area contributed by atoms with Crippen LogP contribution in [-0.4, -0.2) is 59.8 Å². The molecule has 0 saturated carbocycles. The summed E-state index contributed by atoms with van der Waals surface area (Å²) in [6.45, 7) is 6.40. The smallest absolute Gasteiger partial charge is 0.257 e. The van der Waals surface area contributed by atoms with Gasteiger partial charge in [0.05, 0.1) is 16.8 Å². The maximum atomic E-state index is 12.7. The minimum atomic E-state index is -0.570. The van der Waals surface area contributed by atoms with Crippen molar-refractivity contribution >= 4 is 28.9 Å². The Morgan fingerprint density at radius 2 is 2.19 bits per heavy atom. The van der Waals surface area contributed by atoms with E-state index in [-0.39, 0.29) is 11.8 Å². The molecule has 3 heterocycles. The van der Waals surface area contributed by atoms with E-state index in [1.807, 2.05) is 13.0 Å². The molecule has 1 aromatic carbocycles. The van der Waals surface area contributed by atoms with Gasteiger partial charge in [-0.15, -0.1) is 0 Å². The first-order valence-electron chi connectivity index (χ1n) is 11.0. The van der Waals surface area contributed by atoms with Crippen LogP contribution in [0.3, 0.4) is 0 Å². The molecule has 0 aliphatic carbocycles. The Balaban J connectivity index is 1.42. The molecule has 1 fully saturated rings. The Hall–Kier alpha value is -2.48. The number of amides is 1. The molecule has 4 rings (SSSR count). The van der Waals surface area contributed by atoms with E-state index >= 15 is 0 Å². The van der Waals surface area contributed by atoms with Gasteiger partial charge in [0.1, 0.15) is 6.61 Å². The van der Waals surface area contributed by atoms with Crippen LogP contribution in [0.1, 0.15) is 42.6 Å². The number of hydrogen-bond donors (Lipinski definition) is 2. The van der Waals surface area contributed by atoms with E-state index in [0.29, 0.717) is 41.3 Å². The number of likely N-dealkylation sites (N-methyl/N-ethyl adjacent to an activating group) is 1. The van der Waals surface area contributed by atoms with Gasteiger partial charge in [-0.25, -0.2) is 4.98 Å². The number of halogens is 1. The van der Waals surface area contributed by atoms with Crippen LogP contribution >= 0.6 is 11.6 Å². The lowest BCUT2D eigenvalue weighted by Gasteiger charge is -2.26. The number of aliphatic imine (C=N–C) groups is 1. The molecule has 2 aliphatic rings. The first-order valence-corrected chi connectivity index (χ1v) is 11.4. The van der Waals surface area contributed by atoms with E-state index in [9.17, 15) is 4.79 Å². The molecule has 1 amide bonds. The van der Waals surface area contributed by atoms with E-state index in [2.05, 4.69) is 34.2 Å². The first kappa shape index (κ1) is 22.7. The van der Waals surface area contributed by atoms with E-state index < -0.39 is 5.54 Å². The normalized spacial score (nSPS) is 25.6. The molecular formula is C24H30ClN5O2. The van der Waals surface area contributed by atoms with E-state index in [0.717, 1.165) is 24.2 Å². The van der Waals surface area contributed by atoms with Gasteiger partial charge in [0, 0.05) is 41.1 Å². The topological polar surface area (TPSA) is 92.8 Å². The van der Waals surface area contributed by atoms with Crippen molar-refractivity contribution in [2.24, 2.45) is 16.6 Å². The second-order valence-corrected chi connectivity index (χ2v) is 9.40. The monoisotopic (exact) mass is 455 g/mol. The van der Waals surface area contributed by atoms with Gasteiger partial charge >= 0.3 is 0 Å². The molecule has 7 nitrogen and oxygen atoms in total.